The predicted molar refractivity (Wildman–Crippen MR) is 117 cm³/mol. The van der Waals surface area contributed by atoms with Crippen LogP contribution in [0.25, 0.3) is 0 Å². The van der Waals surface area contributed by atoms with E-state index in [9.17, 15) is 14.0 Å². The van der Waals surface area contributed by atoms with Crippen LogP contribution in [0.2, 0.25) is 10.0 Å². The van der Waals surface area contributed by atoms with Crippen molar-refractivity contribution >= 4 is 58.1 Å². The lowest BCUT2D eigenvalue weighted by Crippen LogP contribution is -2.44. The Bertz CT molecular complexity index is 876. The number of nitrogens with zero attached hydrogens (tertiary/aromatic N) is 1. The number of carbonyl (C=O) groups excluding carboxylic acids is 2. The Labute approximate surface area is 184 Å². The summed E-state index contributed by atoms with van der Waals surface area (Å²) in [5.41, 5.74) is 0.184. The monoisotopic (exact) mass is 459 g/mol. The molecule has 5 nitrogen and oxygen atoms in total. The van der Waals surface area contributed by atoms with Crippen LogP contribution in [0.5, 0.6) is 0 Å². The molecule has 2 aromatic carbocycles. The van der Waals surface area contributed by atoms with Crippen LogP contribution in [-0.4, -0.2) is 30.9 Å². The van der Waals surface area contributed by atoms with E-state index in [1.165, 1.54) is 35.2 Å². The molecule has 0 fully saturated rings. The minimum absolute atomic E-state index is 0.156. The second kappa shape index (κ2) is 10.1. The fourth-order valence-corrected chi connectivity index (χ4v) is 2.73. The number of nitrogens with one attached hydrogen (secondary N) is 2. The number of amides is 3. The van der Waals surface area contributed by atoms with Crippen molar-refractivity contribution in [2.75, 3.05) is 29.2 Å². The smallest absolute Gasteiger partial charge is 0.326 e. The summed E-state index contributed by atoms with van der Waals surface area (Å²) in [7, 11) is 0. The quantitative estimate of drug-likeness (QED) is 0.532. The molecule has 0 saturated carbocycles. The van der Waals surface area contributed by atoms with Crippen molar-refractivity contribution in [1.29, 1.82) is 0 Å². The first-order valence-corrected chi connectivity index (χ1v) is 10.1. The van der Waals surface area contributed by atoms with Crippen LogP contribution in [0.4, 0.5) is 20.6 Å². The third-order valence-corrected chi connectivity index (χ3v) is 5.53. The van der Waals surface area contributed by atoms with Crippen molar-refractivity contribution in [3.8, 4) is 0 Å². The van der Waals surface area contributed by atoms with E-state index in [0.29, 0.717) is 21.4 Å². The Kier molecular flexibility index (Phi) is 8.14. The van der Waals surface area contributed by atoms with Gasteiger partial charge in [0.2, 0.25) is 5.91 Å². The van der Waals surface area contributed by atoms with Gasteiger partial charge in [0, 0.05) is 30.3 Å². The summed E-state index contributed by atoms with van der Waals surface area (Å²) in [5.74, 6) is -0.481. The maximum absolute atomic E-state index is 13.3. The Morgan fingerprint density at radius 1 is 1.07 bits per heavy atom. The van der Waals surface area contributed by atoms with Crippen LogP contribution in [0.1, 0.15) is 13.8 Å². The van der Waals surface area contributed by atoms with E-state index in [2.05, 4.69) is 10.6 Å². The first-order chi connectivity index (χ1) is 13.6. The second-order valence-electron chi connectivity index (χ2n) is 6.96. The highest BCUT2D eigenvalue weighted by atomic mass is 35.5. The van der Waals surface area contributed by atoms with E-state index in [4.69, 9.17) is 34.8 Å². The number of alkyl halides is 1. The van der Waals surface area contributed by atoms with Gasteiger partial charge in [-0.25, -0.2) is 9.18 Å². The lowest BCUT2D eigenvalue weighted by atomic mass is 9.95. The maximum Gasteiger partial charge on any atom is 0.326 e. The minimum Gasteiger partial charge on any atom is -0.354 e. The molecular formula is C20H21Cl3FN3O2. The lowest BCUT2D eigenvalue weighted by Gasteiger charge is -2.25. The Balaban J connectivity index is 2.14. The first-order valence-electron chi connectivity index (χ1n) is 8.77. The summed E-state index contributed by atoms with van der Waals surface area (Å²) in [6, 6.07) is 9.70. The highest BCUT2D eigenvalue weighted by Crippen LogP contribution is 2.25. The van der Waals surface area contributed by atoms with Crippen LogP contribution in [-0.2, 0) is 4.79 Å². The highest BCUT2D eigenvalue weighted by molar-refractivity contribution is 6.42. The molecule has 29 heavy (non-hydrogen) atoms. The molecule has 9 heteroatoms. The van der Waals surface area contributed by atoms with Crippen molar-refractivity contribution < 1.29 is 14.0 Å². The number of benzene rings is 2. The van der Waals surface area contributed by atoms with Crippen molar-refractivity contribution in [2.24, 2.45) is 5.41 Å². The molecule has 0 radical (unpaired) electrons. The zero-order valence-electron chi connectivity index (χ0n) is 15.9. The first kappa shape index (κ1) is 23.3. The van der Waals surface area contributed by atoms with E-state index < -0.39 is 17.3 Å². The van der Waals surface area contributed by atoms with Crippen LogP contribution in [0.15, 0.2) is 42.5 Å². The molecule has 2 N–H and O–H groups in total. The summed E-state index contributed by atoms with van der Waals surface area (Å²) in [4.78, 5) is 26.4. The summed E-state index contributed by atoms with van der Waals surface area (Å²) in [6.07, 6.45) is 0. The van der Waals surface area contributed by atoms with Gasteiger partial charge in [0.15, 0.2) is 0 Å². The topological polar surface area (TPSA) is 61.4 Å². The van der Waals surface area contributed by atoms with Crippen LogP contribution in [0, 0.1) is 11.2 Å². The average Bonchev–Trinajstić information content (AvgIpc) is 2.68. The molecule has 0 aliphatic heterocycles. The summed E-state index contributed by atoms with van der Waals surface area (Å²) < 4.78 is 13.3. The van der Waals surface area contributed by atoms with Crippen molar-refractivity contribution in [2.45, 2.75) is 13.8 Å². The zero-order chi connectivity index (χ0) is 21.6. The highest BCUT2D eigenvalue weighted by Gasteiger charge is 2.26. The molecule has 0 atom stereocenters. The molecule has 2 rings (SSSR count). The third-order valence-electron chi connectivity index (χ3n) is 4.12. The average molecular weight is 461 g/mol. The molecule has 0 unspecified atom stereocenters. The van der Waals surface area contributed by atoms with E-state index in [0.717, 1.165) is 0 Å². The van der Waals surface area contributed by atoms with Gasteiger partial charge in [-0.2, -0.15) is 0 Å². The summed E-state index contributed by atoms with van der Waals surface area (Å²) >= 11 is 17.7. The van der Waals surface area contributed by atoms with E-state index >= 15 is 0 Å². The van der Waals surface area contributed by atoms with E-state index in [-0.39, 0.29) is 24.9 Å². The predicted octanol–water partition coefficient (Wildman–Crippen LogP) is 5.55. The van der Waals surface area contributed by atoms with Gasteiger partial charge < -0.3 is 10.6 Å². The standard InChI is InChI=1S/C20H21Cl3FN3O2/c1-20(2,12-21)18(28)25-9-10-27(15-6-3-13(24)4-7-15)19(29)26-14-5-8-16(22)17(23)11-14/h3-8,11H,9-10,12H2,1-2H3,(H,25,28)(H,26,29). The molecule has 0 aliphatic carbocycles. The molecule has 156 valence electrons. The van der Waals surface area contributed by atoms with Gasteiger partial charge in [0.1, 0.15) is 5.82 Å². The number of carbonyl (C=O) groups is 2. The van der Waals surface area contributed by atoms with Crippen LogP contribution in [0.3, 0.4) is 0 Å². The lowest BCUT2D eigenvalue weighted by molar-refractivity contribution is -0.128. The maximum atomic E-state index is 13.3. The van der Waals surface area contributed by atoms with Gasteiger partial charge in [-0.3, -0.25) is 9.69 Å². The second-order valence-corrected chi connectivity index (χ2v) is 8.04. The van der Waals surface area contributed by atoms with Crippen molar-refractivity contribution in [3.63, 3.8) is 0 Å². The Hall–Kier alpha value is -2.02. The van der Waals surface area contributed by atoms with Crippen LogP contribution >= 0.6 is 34.8 Å². The summed E-state index contributed by atoms with van der Waals surface area (Å²) in [5, 5.41) is 6.15. The Morgan fingerprint density at radius 2 is 1.72 bits per heavy atom. The van der Waals surface area contributed by atoms with Gasteiger partial charge in [-0.1, -0.05) is 23.2 Å². The van der Waals surface area contributed by atoms with Gasteiger partial charge >= 0.3 is 6.03 Å². The number of hydrogen-bond donors (Lipinski definition) is 2. The Morgan fingerprint density at radius 3 is 2.31 bits per heavy atom. The van der Waals surface area contributed by atoms with Gasteiger partial charge in [0.25, 0.3) is 0 Å². The molecular weight excluding hydrogens is 440 g/mol. The van der Waals surface area contributed by atoms with Gasteiger partial charge in [0.05, 0.1) is 15.5 Å². The van der Waals surface area contributed by atoms with Crippen molar-refractivity contribution in [3.05, 3.63) is 58.3 Å². The van der Waals surface area contributed by atoms with Gasteiger partial charge in [-0.15, -0.1) is 11.6 Å². The third kappa shape index (κ3) is 6.49. The number of halogens is 4. The molecule has 0 aliphatic rings. The fraction of sp³-hybridized carbons (Fsp3) is 0.300. The molecule has 0 saturated heterocycles. The zero-order valence-corrected chi connectivity index (χ0v) is 18.2. The number of anilines is 2. The van der Waals surface area contributed by atoms with E-state index in [1.54, 1.807) is 26.0 Å². The minimum atomic E-state index is -0.732. The molecule has 0 spiro atoms. The number of urea groups is 1. The van der Waals surface area contributed by atoms with Gasteiger partial charge in [-0.05, 0) is 56.3 Å². The largest absolute Gasteiger partial charge is 0.354 e. The number of hydrogen-bond acceptors (Lipinski definition) is 2. The van der Waals surface area contributed by atoms with E-state index in [1.807, 2.05) is 0 Å². The number of rotatable bonds is 7. The molecule has 0 bridgehead atoms. The normalized spacial score (nSPS) is 11.1. The SMILES string of the molecule is CC(C)(CCl)C(=O)NCCN(C(=O)Nc1ccc(Cl)c(Cl)c1)c1ccc(F)cc1. The molecule has 0 aromatic heterocycles. The fourth-order valence-electron chi connectivity index (χ4n) is 2.31. The molecule has 3 amide bonds. The molecule has 2 aromatic rings. The van der Waals surface area contributed by atoms with Crippen molar-refractivity contribution in [1.82, 2.24) is 5.32 Å². The molecule has 0 heterocycles. The summed E-state index contributed by atoms with van der Waals surface area (Å²) in [6.45, 7) is 3.79. The van der Waals surface area contributed by atoms with Crippen LogP contribution < -0.4 is 15.5 Å².